The van der Waals surface area contributed by atoms with Gasteiger partial charge in [0.2, 0.25) is 0 Å². The summed E-state index contributed by atoms with van der Waals surface area (Å²) in [6.07, 6.45) is 5.90. The van der Waals surface area contributed by atoms with Crippen molar-refractivity contribution in [2.75, 3.05) is 32.7 Å². The molecule has 0 aromatic carbocycles. The smallest absolute Gasteiger partial charge is 0.321 e. The average Bonchev–Trinajstić information content (AvgIpc) is 2.80. The van der Waals surface area contributed by atoms with E-state index in [2.05, 4.69) is 23.6 Å². The molecule has 0 spiro atoms. The second kappa shape index (κ2) is 6.23. The first-order chi connectivity index (χ1) is 9.00. The predicted octanol–water partition coefficient (Wildman–Crippen LogP) is 2.05. The average molecular weight is 268 g/mol. The largest absolute Gasteiger partial charge is 0.480 e. The van der Waals surface area contributed by atoms with E-state index in [1.54, 1.807) is 0 Å². The van der Waals surface area contributed by atoms with Crippen molar-refractivity contribution in [2.24, 2.45) is 5.41 Å². The van der Waals surface area contributed by atoms with E-state index in [1.165, 1.54) is 25.9 Å². The van der Waals surface area contributed by atoms with Gasteiger partial charge in [0.25, 0.3) is 0 Å². The molecule has 2 aliphatic rings. The van der Waals surface area contributed by atoms with Gasteiger partial charge in [0.1, 0.15) is 6.04 Å². The third-order valence-electron chi connectivity index (χ3n) is 4.72. The highest BCUT2D eigenvalue weighted by Crippen LogP contribution is 2.35. The molecule has 2 aliphatic heterocycles. The van der Waals surface area contributed by atoms with Crippen LogP contribution in [0.2, 0.25) is 0 Å². The molecule has 2 heterocycles. The van der Waals surface area contributed by atoms with Crippen molar-refractivity contribution < 1.29 is 9.90 Å². The summed E-state index contributed by atoms with van der Waals surface area (Å²) in [6.45, 7) is 9.65. The van der Waals surface area contributed by atoms with E-state index >= 15 is 0 Å². The van der Waals surface area contributed by atoms with Gasteiger partial charge in [-0.1, -0.05) is 13.8 Å². The van der Waals surface area contributed by atoms with Crippen molar-refractivity contribution in [1.82, 2.24) is 9.80 Å². The lowest BCUT2D eigenvalue weighted by atomic mass is 9.76. The molecule has 0 aromatic rings. The molecule has 0 aromatic heterocycles. The Balaban J connectivity index is 1.84. The maximum Gasteiger partial charge on any atom is 0.321 e. The Morgan fingerprint density at radius 3 is 2.47 bits per heavy atom. The highest BCUT2D eigenvalue weighted by molar-refractivity contribution is 5.74. The summed E-state index contributed by atoms with van der Waals surface area (Å²) in [4.78, 5) is 16.2. The van der Waals surface area contributed by atoms with Crippen molar-refractivity contribution in [3.63, 3.8) is 0 Å². The lowest BCUT2D eigenvalue weighted by Crippen LogP contribution is -2.54. The van der Waals surface area contributed by atoms with Crippen LogP contribution in [-0.4, -0.2) is 59.6 Å². The molecule has 1 atom stereocenters. The first-order valence-electron chi connectivity index (χ1n) is 7.70. The Bertz CT molecular complexity index is 311. The highest BCUT2D eigenvalue weighted by Gasteiger charge is 2.42. The summed E-state index contributed by atoms with van der Waals surface area (Å²) in [5.41, 5.74) is -0.0995. The fraction of sp³-hybridized carbons (Fsp3) is 0.933. The molecular weight excluding hydrogens is 240 g/mol. The number of piperidine rings is 1. The Labute approximate surface area is 116 Å². The van der Waals surface area contributed by atoms with E-state index in [0.717, 1.165) is 38.9 Å². The van der Waals surface area contributed by atoms with Gasteiger partial charge in [0.15, 0.2) is 0 Å². The molecule has 0 saturated carbocycles. The van der Waals surface area contributed by atoms with Crippen LogP contribution in [0.1, 0.15) is 46.0 Å². The Hall–Kier alpha value is -0.610. The van der Waals surface area contributed by atoms with Crippen LogP contribution in [0.3, 0.4) is 0 Å². The molecule has 110 valence electrons. The van der Waals surface area contributed by atoms with Crippen LogP contribution in [0.5, 0.6) is 0 Å². The lowest BCUT2D eigenvalue weighted by molar-refractivity contribution is -0.150. The van der Waals surface area contributed by atoms with Crippen molar-refractivity contribution in [3.05, 3.63) is 0 Å². The van der Waals surface area contributed by atoms with E-state index < -0.39 is 5.97 Å². The number of rotatable bonds is 5. The number of nitrogens with zero attached hydrogens (tertiary/aromatic N) is 2. The normalized spacial score (nSPS) is 28.6. The molecule has 0 radical (unpaired) electrons. The molecule has 0 aliphatic carbocycles. The van der Waals surface area contributed by atoms with E-state index in [0.29, 0.717) is 0 Å². The second-order valence-corrected chi connectivity index (χ2v) is 6.77. The highest BCUT2D eigenvalue weighted by atomic mass is 16.4. The van der Waals surface area contributed by atoms with Crippen LogP contribution in [0.25, 0.3) is 0 Å². The molecule has 1 unspecified atom stereocenters. The molecule has 0 amide bonds. The molecule has 4 heteroatoms. The summed E-state index contributed by atoms with van der Waals surface area (Å²) < 4.78 is 0. The molecule has 2 rings (SSSR count). The van der Waals surface area contributed by atoms with Crippen molar-refractivity contribution in [3.8, 4) is 0 Å². The standard InChI is InChI=1S/C15H28N2O2/c1-15(2)7-5-11-17(13(15)14(18)19)12-6-10-16-8-3-4-9-16/h13H,3-12H2,1-2H3,(H,18,19). The molecule has 2 fully saturated rings. The molecule has 4 nitrogen and oxygen atoms in total. The zero-order valence-corrected chi connectivity index (χ0v) is 12.4. The minimum absolute atomic E-state index is 0.0995. The fourth-order valence-electron chi connectivity index (χ4n) is 3.73. The SMILES string of the molecule is CC1(C)CCCN(CCCN2CCCC2)C1C(=O)O. The number of likely N-dealkylation sites (tertiary alicyclic amines) is 2. The third-order valence-corrected chi connectivity index (χ3v) is 4.72. The van der Waals surface area contributed by atoms with Crippen LogP contribution >= 0.6 is 0 Å². The van der Waals surface area contributed by atoms with Crippen LogP contribution < -0.4 is 0 Å². The van der Waals surface area contributed by atoms with Crippen molar-refractivity contribution in [2.45, 2.75) is 52.0 Å². The van der Waals surface area contributed by atoms with Gasteiger partial charge < -0.3 is 10.0 Å². The van der Waals surface area contributed by atoms with Crippen LogP contribution in [0, 0.1) is 5.41 Å². The van der Waals surface area contributed by atoms with Crippen molar-refractivity contribution >= 4 is 5.97 Å². The van der Waals surface area contributed by atoms with Crippen LogP contribution in [-0.2, 0) is 4.79 Å². The predicted molar refractivity (Wildman–Crippen MR) is 76.3 cm³/mol. The summed E-state index contributed by atoms with van der Waals surface area (Å²) in [7, 11) is 0. The minimum atomic E-state index is -0.647. The number of carboxylic acids is 1. The summed E-state index contributed by atoms with van der Waals surface area (Å²) in [5.74, 6) is -0.647. The van der Waals surface area contributed by atoms with Gasteiger partial charge >= 0.3 is 5.97 Å². The monoisotopic (exact) mass is 268 g/mol. The van der Waals surface area contributed by atoms with E-state index in [1.807, 2.05) is 0 Å². The fourth-order valence-corrected chi connectivity index (χ4v) is 3.73. The number of hydrogen-bond acceptors (Lipinski definition) is 3. The quantitative estimate of drug-likeness (QED) is 0.829. The van der Waals surface area contributed by atoms with Crippen LogP contribution in [0.15, 0.2) is 0 Å². The number of hydrogen-bond donors (Lipinski definition) is 1. The first kappa shape index (κ1) is 14.8. The Morgan fingerprint density at radius 1 is 1.16 bits per heavy atom. The Kier molecular flexibility index (Phi) is 4.85. The van der Waals surface area contributed by atoms with Gasteiger partial charge in [-0.3, -0.25) is 9.69 Å². The van der Waals surface area contributed by atoms with Crippen LogP contribution in [0.4, 0.5) is 0 Å². The summed E-state index contributed by atoms with van der Waals surface area (Å²) >= 11 is 0. The minimum Gasteiger partial charge on any atom is -0.480 e. The van der Waals surface area contributed by atoms with Gasteiger partial charge in [-0.25, -0.2) is 0 Å². The second-order valence-electron chi connectivity index (χ2n) is 6.77. The molecule has 0 bridgehead atoms. The van der Waals surface area contributed by atoms with E-state index in [9.17, 15) is 9.90 Å². The molecule has 1 N–H and O–H groups in total. The molecular formula is C15H28N2O2. The first-order valence-corrected chi connectivity index (χ1v) is 7.70. The van der Waals surface area contributed by atoms with Gasteiger partial charge in [0, 0.05) is 6.54 Å². The summed E-state index contributed by atoms with van der Waals surface area (Å²) in [6, 6.07) is -0.306. The van der Waals surface area contributed by atoms with Crippen molar-refractivity contribution in [1.29, 1.82) is 0 Å². The number of carbonyl (C=O) groups is 1. The topological polar surface area (TPSA) is 43.8 Å². The van der Waals surface area contributed by atoms with E-state index in [4.69, 9.17) is 0 Å². The Morgan fingerprint density at radius 2 is 1.84 bits per heavy atom. The number of aliphatic carboxylic acids is 1. The zero-order chi connectivity index (χ0) is 13.9. The maximum absolute atomic E-state index is 11.5. The van der Waals surface area contributed by atoms with E-state index in [-0.39, 0.29) is 11.5 Å². The van der Waals surface area contributed by atoms with Gasteiger partial charge in [-0.05, 0) is 63.7 Å². The molecule has 19 heavy (non-hydrogen) atoms. The summed E-state index contributed by atoms with van der Waals surface area (Å²) in [5, 5.41) is 9.50. The van der Waals surface area contributed by atoms with Gasteiger partial charge in [-0.15, -0.1) is 0 Å². The molecule has 2 saturated heterocycles. The number of carboxylic acid groups (broad SMARTS) is 1. The maximum atomic E-state index is 11.5. The van der Waals surface area contributed by atoms with Gasteiger partial charge in [-0.2, -0.15) is 0 Å². The lowest BCUT2D eigenvalue weighted by Gasteiger charge is -2.44. The van der Waals surface area contributed by atoms with Gasteiger partial charge in [0.05, 0.1) is 0 Å². The third kappa shape index (κ3) is 3.69. The zero-order valence-electron chi connectivity index (χ0n) is 12.4.